The molecule has 0 saturated heterocycles. The highest BCUT2D eigenvalue weighted by molar-refractivity contribution is 5.81. The van der Waals surface area contributed by atoms with Gasteiger partial charge in [0.2, 0.25) is 0 Å². The highest BCUT2D eigenvalue weighted by Crippen LogP contribution is 2.30. The van der Waals surface area contributed by atoms with Gasteiger partial charge < -0.3 is 4.74 Å². The van der Waals surface area contributed by atoms with Crippen LogP contribution < -0.4 is 0 Å². The van der Waals surface area contributed by atoms with Gasteiger partial charge in [-0.25, -0.2) is 4.79 Å². The standard InChI is InChI=1S/C11H10N2O6/c1-3-11(14)19-7(2)8-4-5-9(12(15)16)10(6-8)13(17)18/h3-7H,1H2,2H3. The van der Waals surface area contributed by atoms with Crippen LogP contribution in [0.2, 0.25) is 0 Å². The van der Waals surface area contributed by atoms with Gasteiger partial charge in [0.25, 0.3) is 0 Å². The Labute approximate surface area is 107 Å². The second kappa shape index (κ2) is 5.71. The van der Waals surface area contributed by atoms with Gasteiger partial charge in [-0.1, -0.05) is 6.58 Å². The van der Waals surface area contributed by atoms with E-state index < -0.39 is 33.3 Å². The molecule has 0 radical (unpaired) electrons. The highest BCUT2D eigenvalue weighted by atomic mass is 16.6. The minimum Gasteiger partial charge on any atom is -0.455 e. The third kappa shape index (κ3) is 3.35. The normalized spacial score (nSPS) is 11.4. The lowest BCUT2D eigenvalue weighted by molar-refractivity contribution is -0.422. The molecule has 1 aromatic rings. The van der Waals surface area contributed by atoms with E-state index in [2.05, 4.69) is 6.58 Å². The van der Waals surface area contributed by atoms with Gasteiger partial charge in [-0.3, -0.25) is 20.2 Å². The molecule has 0 aliphatic carbocycles. The zero-order valence-corrected chi connectivity index (χ0v) is 9.94. The monoisotopic (exact) mass is 266 g/mol. The van der Waals surface area contributed by atoms with Gasteiger partial charge in [0.05, 0.1) is 9.85 Å². The quantitative estimate of drug-likeness (QED) is 0.349. The number of ether oxygens (including phenoxy) is 1. The summed E-state index contributed by atoms with van der Waals surface area (Å²) < 4.78 is 4.87. The van der Waals surface area contributed by atoms with Crippen LogP contribution in [0, 0.1) is 20.2 Å². The summed E-state index contributed by atoms with van der Waals surface area (Å²) in [6, 6.07) is 3.32. The molecule has 0 spiro atoms. The summed E-state index contributed by atoms with van der Waals surface area (Å²) in [6.45, 7) is 4.71. The molecule has 0 saturated carbocycles. The number of esters is 1. The first-order chi connectivity index (χ1) is 8.86. The lowest BCUT2D eigenvalue weighted by atomic mass is 10.1. The zero-order chi connectivity index (χ0) is 14.6. The van der Waals surface area contributed by atoms with Crippen molar-refractivity contribution >= 4 is 17.3 Å². The van der Waals surface area contributed by atoms with Crippen molar-refractivity contribution in [3.63, 3.8) is 0 Å². The summed E-state index contributed by atoms with van der Waals surface area (Å²) >= 11 is 0. The molecule has 0 amide bonds. The fraction of sp³-hybridized carbons (Fsp3) is 0.182. The average molecular weight is 266 g/mol. The van der Waals surface area contributed by atoms with Crippen molar-refractivity contribution in [1.82, 2.24) is 0 Å². The fourth-order valence-electron chi connectivity index (χ4n) is 1.38. The third-order valence-corrected chi connectivity index (χ3v) is 2.32. The SMILES string of the molecule is C=CC(=O)OC(C)c1ccc([N+](=O)[O-])c([N+](=O)[O-])c1. The van der Waals surface area contributed by atoms with Crippen LogP contribution in [0.1, 0.15) is 18.6 Å². The van der Waals surface area contributed by atoms with Crippen LogP contribution in [0.5, 0.6) is 0 Å². The molecule has 0 aromatic heterocycles. The first-order valence-corrected chi connectivity index (χ1v) is 5.12. The van der Waals surface area contributed by atoms with Crippen LogP contribution in [0.25, 0.3) is 0 Å². The molecule has 1 unspecified atom stereocenters. The van der Waals surface area contributed by atoms with E-state index in [0.717, 1.165) is 18.2 Å². The topological polar surface area (TPSA) is 113 Å². The van der Waals surface area contributed by atoms with E-state index in [-0.39, 0.29) is 5.56 Å². The Bertz CT molecular complexity index is 554. The van der Waals surface area contributed by atoms with E-state index >= 15 is 0 Å². The number of nitrogens with zero attached hydrogens (tertiary/aromatic N) is 2. The molecule has 8 nitrogen and oxygen atoms in total. The Morgan fingerprint density at radius 3 is 2.37 bits per heavy atom. The van der Waals surface area contributed by atoms with Gasteiger partial charge in [0, 0.05) is 18.2 Å². The van der Waals surface area contributed by atoms with Crippen LogP contribution in [0.3, 0.4) is 0 Å². The van der Waals surface area contributed by atoms with Crippen LogP contribution in [0.4, 0.5) is 11.4 Å². The second-order valence-electron chi connectivity index (χ2n) is 3.55. The molecule has 1 aromatic carbocycles. The van der Waals surface area contributed by atoms with Gasteiger partial charge in [0.15, 0.2) is 0 Å². The largest absolute Gasteiger partial charge is 0.455 e. The number of nitro benzene ring substituents is 2. The molecular weight excluding hydrogens is 256 g/mol. The number of carbonyl (C=O) groups excluding carboxylic acids is 1. The van der Waals surface area contributed by atoms with Gasteiger partial charge in [-0.2, -0.15) is 0 Å². The van der Waals surface area contributed by atoms with Crippen molar-refractivity contribution in [2.75, 3.05) is 0 Å². The number of nitro groups is 2. The van der Waals surface area contributed by atoms with Gasteiger partial charge in [0.1, 0.15) is 6.10 Å². The first-order valence-electron chi connectivity index (χ1n) is 5.12. The predicted molar refractivity (Wildman–Crippen MR) is 64.5 cm³/mol. The zero-order valence-electron chi connectivity index (χ0n) is 9.94. The van der Waals surface area contributed by atoms with E-state index in [1.54, 1.807) is 0 Å². The maximum Gasteiger partial charge on any atom is 0.346 e. The van der Waals surface area contributed by atoms with E-state index in [1.807, 2.05) is 0 Å². The molecule has 0 aliphatic heterocycles. The van der Waals surface area contributed by atoms with E-state index in [4.69, 9.17) is 4.74 Å². The molecule has 1 rings (SSSR count). The maximum atomic E-state index is 11.0. The van der Waals surface area contributed by atoms with Crippen molar-refractivity contribution in [2.24, 2.45) is 0 Å². The molecular formula is C11H10N2O6. The minimum atomic E-state index is -0.857. The van der Waals surface area contributed by atoms with Gasteiger partial charge in [-0.05, 0) is 18.6 Å². The molecule has 8 heteroatoms. The summed E-state index contributed by atoms with van der Waals surface area (Å²) in [4.78, 5) is 30.7. The van der Waals surface area contributed by atoms with Crippen LogP contribution in [0.15, 0.2) is 30.9 Å². The van der Waals surface area contributed by atoms with E-state index in [1.165, 1.54) is 13.0 Å². The summed E-state index contributed by atoms with van der Waals surface area (Å²) in [5.41, 5.74) is -0.979. The molecule has 0 heterocycles. The Morgan fingerprint density at radius 2 is 1.89 bits per heavy atom. The first kappa shape index (κ1) is 14.3. The predicted octanol–water partition coefficient (Wildman–Crippen LogP) is 2.29. The molecule has 19 heavy (non-hydrogen) atoms. The van der Waals surface area contributed by atoms with Crippen LogP contribution in [-0.4, -0.2) is 15.8 Å². The number of hydrogen-bond acceptors (Lipinski definition) is 6. The van der Waals surface area contributed by atoms with Gasteiger partial charge in [-0.15, -0.1) is 0 Å². The summed E-state index contributed by atoms with van der Waals surface area (Å²) in [7, 11) is 0. The molecule has 0 aliphatic rings. The average Bonchev–Trinajstić information content (AvgIpc) is 2.37. The lowest BCUT2D eigenvalue weighted by Crippen LogP contribution is -2.07. The van der Waals surface area contributed by atoms with Crippen molar-refractivity contribution in [2.45, 2.75) is 13.0 Å². The Hall–Kier alpha value is -2.77. The van der Waals surface area contributed by atoms with Crippen molar-refractivity contribution in [1.29, 1.82) is 0 Å². The second-order valence-corrected chi connectivity index (χ2v) is 3.55. The van der Waals surface area contributed by atoms with E-state index in [9.17, 15) is 25.0 Å². The van der Waals surface area contributed by atoms with Gasteiger partial charge >= 0.3 is 17.3 Å². The fourth-order valence-corrected chi connectivity index (χ4v) is 1.38. The Balaban J connectivity index is 3.14. The highest BCUT2D eigenvalue weighted by Gasteiger charge is 2.25. The van der Waals surface area contributed by atoms with Crippen LogP contribution >= 0.6 is 0 Å². The number of benzene rings is 1. The number of rotatable bonds is 5. The number of carbonyl (C=O) groups is 1. The van der Waals surface area contributed by atoms with E-state index in [0.29, 0.717) is 0 Å². The summed E-state index contributed by atoms with van der Waals surface area (Å²) in [5.74, 6) is -0.687. The molecule has 1 atom stereocenters. The lowest BCUT2D eigenvalue weighted by Gasteiger charge is -2.11. The minimum absolute atomic E-state index is 0.285. The van der Waals surface area contributed by atoms with Crippen molar-refractivity contribution in [3.05, 3.63) is 56.6 Å². The maximum absolute atomic E-state index is 11.0. The van der Waals surface area contributed by atoms with Crippen molar-refractivity contribution < 1.29 is 19.4 Å². The molecule has 0 N–H and O–H groups in total. The Morgan fingerprint density at radius 1 is 1.32 bits per heavy atom. The van der Waals surface area contributed by atoms with Crippen molar-refractivity contribution in [3.8, 4) is 0 Å². The summed E-state index contributed by atoms with van der Waals surface area (Å²) in [5, 5.41) is 21.4. The molecule has 0 fully saturated rings. The molecule has 0 bridgehead atoms. The smallest absolute Gasteiger partial charge is 0.346 e. The van der Waals surface area contributed by atoms with Crippen LogP contribution in [-0.2, 0) is 9.53 Å². The number of hydrogen-bond donors (Lipinski definition) is 0. The molecule has 100 valence electrons. The third-order valence-electron chi connectivity index (χ3n) is 2.32. The Kier molecular flexibility index (Phi) is 4.30. The summed E-state index contributed by atoms with van der Waals surface area (Å²) in [6.07, 6.45) is 0.182.